The van der Waals surface area contributed by atoms with E-state index in [1.807, 2.05) is 25.0 Å². The third kappa shape index (κ3) is 2.28. The van der Waals surface area contributed by atoms with Gasteiger partial charge in [-0.25, -0.2) is 0 Å². The molecular formula is C12H22N4. The van der Waals surface area contributed by atoms with Crippen molar-refractivity contribution in [1.82, 2.24) is 20.0 Å². The zero-order chi connectivity index (χ0) is 11.5. The van der Waals surface area contributed by atoms with Crippen LogP contribution in [0, 0.1) is 5.92 Å². The maximum atomic E-state index is 4.29. The van der Waals surface area contributed by atoms with Crippen molar-refractivity contribution in [1.29, 1.82) is 0 Å². The number of likely N-dealkylation sites (tertiary alicyclic amines) is 1. The first kappa shape index (κ1) is 11.6. The van der Waals surface area contributed by atoms with E-state index in [-0.39, 0.29) is 0 Å². The molecule has 0 aromatic carbocycles. The van der Waals surface area contributed by atoms with E-state index in [0.29, 0.717) is 12.0 Å². The minimum absolute atomic E-state index is 0.523. The predicted molar refractivity (Wildman–Crippen MR) is 65.2 cm³/mol. The largest absolute Gasteiger partial charge is 0.319 e. The highest BCUT2D eigenvalue weighted by molar-refractivity contribution is 5.13. The zero-order valence-corrected chi connectivity index (χ0v) is 10.5. The third-order valence-corrected chi connectivity index (χ3v) is 3.54. The molecule has 0 bridgehead atoms. The molecule has 0 unspecified atom stereocenters. The van der Waals surface area contributed by atoms with Crippen LogP contribution in [0.15, 0.2) is 12.4 Å². The first-order valence-corrected chi connectivity index (χ1v) is 6.05. The van der Waals surface area contributed by atoms with E-state index in [1.54, 1.807) is 0 Å². The van der Waals surface area contributed by atoms with E-state index in [2.05, 4.69) is 28.6 Å². The number of rotatable bonds is 3. The van der Waals surface area contributed by atoms with Crippen molar-refractivity contribution in [2.24, 2.45) is 13.0 Å². The van der Waals surface area contributed by atoms with Gasteiger partial charge in [0.25, 0.3) is 0 Å². The van der Waals surface area contributed by atoms with Crippen molar-refractivity contribution in [2.75, 3.05) is 27.2 Å². The molecule has 2 atom stereocenters. The van der Waals surface area contributed by atoms with Gasteiger partial charge >= 0.3 is 0 Å². The van der Waals surface area contributed by atoms with Gasteiger partial charge in [-0.3, -0.25) is 9.58 Å². The van der Waals surface area contributed by atoms with E-state index in [1.165, 1.54) is 24.9 Å². The number of nitrogens with zero attached hydrogens (tertiary/aromatic N) is 3. The Hall–Kier alpha value is -0.870. The van der Waals surface area contributed by atoms with E-state index in [4.69, 9.17) is 0 Å². The second-order valence-electron chi connectivity index (χ2n) is 4.83. The average Bonchev–Trinajstić information content (AvgIpc) is 2.65. The highest BCUT2D eigenvalue weighted by atomic mass is 15.2. The number of aromatic nitrogens is 2. The maximum absolute atomic E-state index is 4.29. The molecule has 16 heavy (non-hydrogen) atoms. The van der Waals surface area contributed by atoms with Gasteiger partial charge in [0.05, 0.1) is 6.20 Å². The van der Waals surface area contributed by atoms with Gasteiger partial charge in [-0.15, -0.1) is 0 Å². The molecule has 0 spiro atoms. The quantitative estimate of drug-likeness (QED) is 0.829. The summed E-state index contributed by atoms with van der Waals surface area (Å²) in [6.07, 6.45) is 6.77. The number of nitrogens with one attached hydrogen (secondary N) is 1. The summed E-state index contributed by atoms with van der Waals surface area (Å²) in [5.74, 6) is 0.702. The van der Waals surface area contributed by atoms with Crippen molar-refractivity contribution in [3.05, 3.63) is 18.0 Å². The lowest BCUT2D eigenvalue weighted by molar-refractivity contribution is 0.121. The predicted octanol–water partition coefficient (Wildman–Crippen LogP) is 1.02. The molecule has 2 heterocycles. The van der Waals surface area contributed by atoms with Crippen LogP contribution in [0.1, 0.15) is 24.4 Å². The zero-order valence-electron chi connectivity index (χ0n) is 10.5. The van der Waals surface area contributed by atoms with Crippen molar-refractivity contribution >= 4 is 0 Å². The average molecular weight is 222 g/mol. The Morgan fingerprint density at radius 1 is 1.50 bits per heavy atom. The number of piperidine rings is 1. The summed E-state index contributed by atoms with van der Waals surface area (Å²) in [5.41, 5.74) is 1.35. The van der Waals surface area contributed by atoms with Crippen molar-refractivity contribution in [3.63, 3.8) is 0 Å². The Bertz CT molecular complexity index is 332. The first-order valence-electron chi connectivity index (χ1n) is 6.05. The molecule has 4 heteroatoms. The molecule has 0 radical (unpaired) electrons. The normalized spacial score (nSPS) is 27.2. The molecule has 1 aliphatic heterocycles. The van der Waals surface area contributed by atoms with Gasteiger partial charge < -0.3 is 5.32 Å². The van der Waals surface area contributed by atoms with Gasteiger partial charge in [0, 0.05) is 24.8 Å². The molecule has 1 aromatic rings. The molecule has 2 rings (SSSR count). The summed E-state index contributed by atoms with van der Waals surface area (Å²) in [5, 5.41) is 7.60. The lowest BCUT2D eigenvalue weighted by Gasteiger charge is -2.38. The summed E-state index contributed by atoms with van der Waals surface area (Å²) < 4.78 is 1.90. The van der Waals surface area contributed by atoms with Gasteiger partial charge in [-0.1, -0.05) is 0 Å². The van der Waals surface area contributed by atoms with Crippen molar-refractivity contribution in [2.45, 2.75) is 18.9 Å². The molecule has 0 amide bonds. The second-order valence-corrected chi connectivity index (χ2v) is 4.83. The second kappa shape index (κ2) is 4.97. The summed E-state index contributed by atoms with van der Waals surface area (Å²) in [6, 6.07) is 0.523. The fraction of sp³-hybridized carbons (Fsp3) is 0.750. The molecule has 1 saturated heterocycles. The van der Waals surface area contributed by atoms with Crippen LogP contribution in [0.2, 0.25) is 0 Å². The van der Waals surface area contributed by atoms with Crippen LogP contribution in [-0.4, -0.2) is 41.9 Å². The van der Waals surface area contributed by atoms with Crippen LogP contribution < -0.4 is 5.32 Å². The molecule has 1 aromatic heterocycles. The molecule has 0 aliphatic carbocycles. The van der Waals surface area contributed by atoms with E-state index in [9.17, 15) is 0 Å². The monoisotopic (exact) mass is 222 g/mol. The van der Waals surface area contributed by atoms with Crippen molar-refractivity contribution < 1.29 is 0 Å². The molecule has 1 N–H and O–H groups in total. The topological polar surface area (TPSA) is 33.1 Å². The van der Waals surface area contributed by atoms with Crippen molar-refractivity contribution in [3.8, 4) is 0 Å². The van der Waals surface area contributed by atoms with Crippen LogP contribution >= 0.6 is 0 Å². The van der Waals surface area contributed by atoms with Gasteiger partial charge in [-0.2, -0.15) is 5.10 Å². The van der Waals surface area contributed by atoms with Crippen LogP contribution in [-0.2, 0) is 7.05 Å². The molecule has 1 aliphatic rings. The maximum Gasteiger partial charge on any atom is 0.0537 e. The molecule has 1 fully saturated rings. The summed E-state index contributed by atoms with van der Waals surface area (Å²) in [7, 11) is 6.24. The highest BCUT2D eigenvalue weighted by Gasteiger charge is 2.30. The molecular weight excluding hydrogens is 200 g/mol. The first-order chi connectivity index (χ1) is 7.72. The van der Waals surface area contributed by atoms with Crippen LogP contribution in [0.4, 0.5) is 0 Å². The lowest BCUT2D eigenvalue weighted by Crippen LogP contribution is -2.39. The molecule has 90 valence electrons. The number of hydrogen-bond acceptors (Lipinski definition) is 3. The minimum atomic E-state index is 0.523. The standard InChI is InChI=1S/C12H22N4/c1-13-7-10-5-4-6-15(2)12(10)11-8-14-16(3)9-11/h8-10,12-13H,4-7H2,1-3H3/t10-,12+/m1/s1. The summed E-state index contributed by atoms with van der Waals surface area (Å²) >= 11 is 0. The van der Waals surface area contributed by atoms with Crippen LogP contribution in [0.3, 0.4) is 0 Å². The molecule has 0 saturated carbocycles. The van der Waals surface area contributed by atoms with Gasteiger partial charge in [0.2, 0.25) is 0 Å². The van der Waals surface area contributed by atoms with E-state index < -0.39 is 0 Å². The van der Waals surface area contributed by atoms with Gasteiger partial charge in [0.15, 0.2) is 0 Å². The SMILES string of the molecule is CNC[C@H]1CCCN(C)[C@@H]1c1cnn(C)c1. The Labute approximate surface area is 97.6 Å². The van der Waals surface area contributed by atoms with Crippen LogP contribution in [0.25, 0.3) is 0 Å². The summed E-state index contributed by atoms with van der Waals surface area (Å²) in [6.45, 7) is 2.28. The smallest absolute Gasteiger partial charge is 0.0537 e. The van der Waals surface area contributed by atoms with E-state index in [0.717, 1.165) is 6.54 Å². The Morgan fingerprint density at radius 3 is 2.94 bits per heavy atom. The Morgan fingerprint density at radius 2 is 2.31 bits per heavy atom. The lowest BCUT2D eigenvalue weighted by atomic mass is 9.86. The number of aryl methyl sites for hydroxylation is 1. The van der Waals surface area contributed by atoms with Crippen LogP contribution in [0.5, 0.6) is 0 Å². The summed E-state index contributed by atoms with van der Waals surface area (Å²) in [4.78, 5) is 2.46. The fourth-order valence-corrected chi connectivity index (χ4v) is 2.86. The number of hydrogen-bond donors (Lipinski definition) is 1. The molecule has 4 nitrogen and oxygen atoms in total. The van der Waals surface area contributed by atoms with Gasteiger partial charge in [0.1, 0.15) is 0 Å². The third-order valence-electron chi connectivity index (χ3n) is 3.54. The van der Waals surface area contributed by atoms with Gasteiger partial charge in [-0.05, 0) is 45.9 Å². The Balaban J connectivity index is 2.18. The van der Waals surface area contributed by atoms with E-state index >= 15 is 0 Å². The fourth-order valence-electron chi connectivity index (χ4n) is 2.86. The Kier molecular flexibility index (Phi) is 3.61. The minimum Gasteiger partial charge on any atom is -0.319 e. The highest BCUT2D eigenvalue weighted by Crippen LogP contribution is 2.34.